The molecular weight excluding hydrogens is 602 g/mol. The first-order valence-electron chi connectivity index (χ1n) is 14.8. The van der Waals surface area contributed by atoms with E-state index >= 15 is 0 Å². The first-order valence-corrected chi connectivity index (χ1v) is 15.7. The summed E-state index contributed by atoms with van der Waals surface area (Å²) in [6.07, 6.45) is -0.275. The summed E-state index contributed by atoms with van der Waals surface area (Å²) in [6.45, 7) is 4.82. The van der Waals surface area contributed by atoms with E-state index in [1.165, 1.54) is 11.3 Å². The molecule has 3 amide bonds. The van der Waals surface area contributed by atoms with Crippen molar-refractivity contribution in [1.82, 2.24) is 10.2 Å². The number of hydrogen-bond donors (Lipinski definition) is 3. The molecule has 3 aromatic carbocycles. The molecule has 1 aliphatic heterocycles. The summed E-state index contributed by atoms with van der Waals surface area (Å²) in [4.78, 5) is 56.4. The minimum absolute atomic E-state index is 0.130. The van der Waals surface area contributed by atoms with Crippen LogP contribution in [0.1, 0.15) is 67.8 Å². The van der Waals surface area contributed by atoms with Crippen molar-refractivity contribution in [3.8, 4) is 6.07 Å². The number of carboxylic acids is 1. The second-order valence-corrected chi connectivity index (χ2v) is 12.2. The smallest absolute Gasteiger partial charge is 0.305 e. The van der Waals surface area contributed by atoms with Crippen molar-refractivity contribution in [3.05, 3.63) is 117 Å². The van der Waals surface area contributed by atoms with Crippen molar-refractivity contribution in [2.45, 2.75) is 38.4 Å². The third-order valence-electron chi connectivity index (χ3n) is 7.93. The van der Waals surface area contributed by atoms with Gasteiger partial charge in [-0.15, -0.1) is 11.3 Å². The molecule has 1 aliphatic rings. The number of carbonyl (C=O) groups excluding carboxylic acids is 3. The molecule has 3 atom stereocenters. The Morgan fingerprint density at radius 1 is 0.891 bits per heavy atom. The number of benzene rings is 3. The second-order valence-electron chi connectivity index (χ2n) is 11.2. The molecule has 1 aromatic heterocycles. The van der Waals surface area contributed by atoms with Crippen LogP contribution in [0.3, 0.4) is 0 Å². The van der Waals surface area contributed by atoms with Gasteiger partial charge < -0.3 is 25.5 Å². The zero-order chi connectivity index (χ0) is 32.8. The van der Waals surface area contributed by atoms with Gasteiger partial charge in [0.15, 0.2) is 0 Å². The maximum Gasteiger partial charge on any atom is 0.305 e. The number of nitrogens with one attached hydrogen (secondary N) is 2. The van der Waals surface area contributed by atoms with Crippen LogP contribution in [0.25, 0.3) is 0 Å². The predicted molar refractivity (Wildman–Crippen MR) is 176 cm³/mol. The van der Waals surface area contributed by atoms with E-state index in [9.17, 15) is 24.3 Å². The van der Waals surface area contributed by atoms with Crippen molar-refractivity contribution in [3.63, 3.8) is 0 Å². The minimum Gasteiger partial charge on any atom is -0.481 e. The van der Waals surface area contributed by atoms with Crippen molar-refractivity contribution >= 4 is 46.4 Å². The summed E-state index contributed by atoms with van der Waals surface area (Å²) in [5.41, 5.74) is 2.79. The van der Waals surface area contributed by atoms with E-state index in [-0.39, 0.29) is 35.9 Å². The molecule has 3 N–H and O–H groups in total. The van der Waals surface area contributed by atoms with E-state index in [4.69, 9.17) is 5.26 Å². The van der Waals surface area contributed by atoms with Crippen LogP contribution in [-0.2, 0) is 4.79 Å². The van der Waals surface area contributed by atoms with E-state index in [0.29, 0.717) is 41.2 Å². The van der Waals surface area contributed by atoms with Crippen molar-refractivity contribution in [2.24, 2.45) is 0 Å². The monoisotopic (exact) mass is 635 g/mol. The molecule has 1 fully saturated rings. The lowest BCUT2D eigenvalue weighted by atomic mass is 10.0. The van der Waals surface area contributed by atoms with Crippen LogP contribution in [0, 0.1) is 11.3 Å². The first-order chi connectivity index (χ1) is 22.1. The normalized spacial score (nSPS) is 16.6. The van der Waals surface area contributed by atoms with Gasteiger partial charge in [0.25, 0.3) is 17.7 Å². The molecule has 0 spiro atoms. The lowest BCUT2D eigenvalue weighted by Gasteiger charge is -2.46. The summed E-state index contributed by atoms with van der Waals surface area (Å²) in [7, 11) is 0. The number of carbonyl (C=O) groups is 4. The summed E-state index contributed by atoms with van der Waals surface area (Å²) in [5.74, 6) is -1.99. The highest BCUT2D eigenvalue weighted by molar-refractivity contribution is 7.10. The molecular formula is C35H33N5O5S. The Labute approximate surface area is 270 Å². The van der Waals surface area contributed by atoms with Crippen molar-refractivity contribution in [1.29, 1.82) is 5.26 Å². The summed E-state index contributed by atoms with van der Waals surface area (Å²) < 4.78 is 0. The molecule has 0 radical (unpaired) electrons. The highest BCUT2D eigenvalue weighted by Gasteiger charge is 2.34. The van der Waals surface area contributed by atoms with Gasteiger partial charge in [-0.3, -0.25) is 19.2 Å². The van der Waals surface area contributed by atoms with E-state index in [2.05, 4.69) is 21.6 Å². The van der Waals surface area contributed by atoms with Gasteiger partial charge in [0.1, 0.15) is 0 Å². The Morgan fingerprint density at radius 3 is 2.26 bits per heavy atom. The summed E-state index contributed by atoms with van der Waals surface area (Å²) in [5, 5.41) is 26.2. The number of piperazine rings is 1. The Balaban J connectivity index is 1.42. The highest BCUT2D eigenvalue weighted by atomic mass is 32.1. The molecule has 4 aromatic rings. The van der Waals surface area contributed by atoms with Crippen LogP contribution in [0.15, 0.2) is 90.3 Å². The quantitative estimate of drug-likeness (QED) is 0.219. The number of anilines is 2. The number of nitrogens with zero attached hydrogens (tertiary/aromatic N) is 3. The fourth-order valence-electron chi connectivity index (χ4n) is 5.54. The maximum atomic E-state index is 13.4. The SMILES string of the molecule is CC1CN(c2ccc(C(=O)NC(CC(=O)O)c3cccs3)cc2NC(=O)c2ccccc2)C(C)CN1C(=O)c1ccc(C#N)cc1. The van der Waals surface area contributed by atoms with E-state index in [0.717, 1.165) is 4.88 Å². The van der Waals surface area contributed by atoms with Crippen molar-refractivity contribution in [2.75, 3.05) is 23.3 Å². The number of nitriles is 1. The van der Waals surface area contributed by atoms with Gasteiger partial charge in [-0.2, -0.15) is 5.26 Å². The van der Waals surface area contributed by atoms with Gasteiger partial charge in [0.2, 0.25) is 0 Å². The number of aliphatic carboxylic acids is 1. The van der Waals surface area contributed by atoms with Crippen LogP contribution in [0.5, 0.6) is 0 Å². The second kappa shape index (κ2) is 14.1. The van der Waals surface area contributed by atoms with Gasteiger partial charge in [0, 0.05) is 46.7 Å². The van der Waals surface area contributed by atoms with Gasteiger partial charge in [-0.1, -0.05) is 24.3 Å². The molecule has 3 unspecified atom stereocenters. The number of hydrogen-bond acceptors (Lipinski definition) is 7. The van der Waals surface area contributed by atoms with Gasteiger partial charge >= 0.3 is 5.97 Å². The van der Waals surface area contributed by atoms with Crippen LogP contribution in [0.4, 0.5) is 11.4 Å². The number of thiophene rings is 1. The predicted octanol–water partition coefficient (Wildman–Crippen LogP) is 5.56. The molecule has 46 heavy (non-hydrogen) atoms. The average Bonchev–Trinajstić information content (AvgIpc) is 3.61. The molecule has 0 aliphatic carbocycles. The standard InChI is InChI=1S/C35H33N5O5S/c1-22-21-40(35(45)26-12-10-24(19-36)11-13-26)23(2)20-39(22)30-15-14-27(17-28(30)37-33(43)25-7-4-3-5-8-25)34(44)38-29(18-32(41)42)31-9-6-16-46-31/h3-17,22-23,29H,18,20-21H2,1-2H3,(H,37,43)(H,38,44)(H,41,42). The molecule has 10 nitrogen and oxygen atoms in total. The Kier molecular flexibility index (Phi) is 9.79. The highest BCUT2D eigenvalue weighted by Crippen LogP contribution is 2.33. The van der Waals surface area contributed by atoms with Crippen LogP contribution in [-0.4, -0.2) is 58.9 Å². The Bertz CT molecular complexity index is 1770. The molecule has 5 rings (SSSR count). The van der Waals surface area contributed by atoms with E-state index in [1.807, 2.05) is 25.3 Å². The van der Waals surface area contributed by atoms with Crippen LogP contribution < -0.4 is 15.5 Å². The number of carboxylic acid groups (broad SMARTS) is 1. The van der Waals surface area contributed by atoms with E-state index in [1.54, 1.807) is 83.8 Å². The largest absolute Gasteiger partial charge is 0.481 e. The molecule has 0 bridgehead atoms. The fraction of sp³-hybridized carbons (Fsp3) is 0.229. The summed E-state index contributed by atoms with van der Waals surface area (Å²) >= 11 is 1.36. The third-order valence-corrected chi connectivity index (χ3v) is 8.92. The van der Waals surface area contributed by atoms with E-state index < -0.39 is 17.9 Å². The van der Waals surface area contributed by atoms with Crippen LogP contribution >= 0.6 is 11.3 Å². The number of rotatable bonds is 9. The molecule has 11 heteroatoms. The topological polar surface area (TPSA) is 143 Å². The fourth-order valence-corrected chi connectivity index (χ4v) is 6.32. The average molecular weight is 636 g/mol. The van der Waals surface area contributed by atoms with Crippen LogP contribution in [0.2, 0.25) is 0 Å². The third kappa shape index (κ3) is 7.25. The Hall–Kier alpha value is -5.47. The van der Waals surface area contributed by atoms with Gasteiger partial charge in [-0.25, -0.2) is 0 Å². The summed E-state index contributed by atoms with van der Waals surface area (Å²) in [6, 6.07) is 24.9. The van der Waals surface area contributed by atoms with Crippen molar-refractivity contribution < 1.29 is 24.3 Å². The lowest BCUT2D eigenvalue weighted by Crippen LogP contribution is -2.58. The lowest BCUT2D eigenvalue weighted by molar-refractivity contribution is -0.137. The first kappa shape index (κ1) is 31.9. The van der Waals surface area contributed by atoms with Gasteiger partial charge in [-0.05, 0) is 79.9 Å². The number of amides is 3. The zero-order valence-electron chi connectivity index (χ0n) is 25.3. The molecule has 2 heterocycles. The Morgan fingerprint density at radius 2 is 1.61 bits per heavy atom. The molecule has 0 saturated carbocycles. The molecule has 1 saturated heterocycles. The maximum absolute atomic E-state index is 13.4. The minimum atomic E-state index is -1.04. The molecule has 234 valence electrons. The van der Waals surface area contributed by atoms with Gasteiger partial charge in [0.05, 0.1) is 35.5 Å². The zero-order valence-corrected chi connectivity index (χ0v) is 26.2.